The van der Waals surface area contributed by atoms with Crippen LogP contribution in [0.5, 0.6) is 0 Å². The van der Waals surface area contributed by atoms with E-state index in [9.17, 15) is 14.4 Å². The minimum Gasteiger partial charge on any atom is -0.295 e. The van der Waals surface area contributed by atoms with Gasteiger partial charge in [0.25, 0.3) is 17.2 Å². The molecule has 2 aromatic carbocycles. The van der Waals surface area contributed by atoms with Crippen LogP contribution in [-0.2, 0) is 9.59 Å². The van der Waals surface area contributed by atoms with Crippen molar-refractivity contribution in [1.82, 2.24) is 9.78 Å². The normalized spacial score (nSPS) is 13.8. The third-order valence-corrected chi connectivity index (χ3v) is 5.86. The van der Waals surface area contributed by atoms with Gasteiger partial charge in [0.2, 0.25) is 0 Å². The highest BCUT2D eigenvalue weighted by Gasteiger charge is 2.48. The van der Waals surface area contributed by atoms with Crippen molar-refractivity contribution in [2.45, 2.75) is 20.8 Å². The van der Waals surface area contributed by atoms with Crippen molar-refractivity contribution in [3.05, 3.63) is 112 Å². The Balaban J connectivity index is 1.77. The lowest BCUT2D eigenvalue weighted by atomic mass is 10.1. The van der Waals surface area contributed by atoms with Crippen molar-refractivity contribution in [1.29, 1.82) is 0 Å². The maximum absolute atomic E-state index is 13.8. The fourth-order valence-electron chi connectivity index (χ4n) is 4.32. The summed E-state index contributed by atoms with van der Waals surface area (Å²) in [7, 11) is 0. The van der Waals surface area contributed by atoms with Gasteiger partial charge in [-0.05, 0) is 56.7 Å². The Hall–Kier alpha value is -4.52. The quantitative estimate of drug-likeness (QED) is 0.382. The van der Waals surface area contributed by atoms with E-state index in [1.54, 1.807) is 60.3 Å². The molecular formula is C27H23N4O3+. The summed E-state index contributed by atoms with van der Waals surface area (Å²) in [5.41, 5.74) is 3.45. The SMILES string of the molecule is Cc1cccc(N2C(=O)C(c3c(C)[nH]n(-c4ccccc4)c3=O)=C([n+]3cccc(C)c3)C2=O)c1. The van der Waals surface area contributed by atoms with Crippen LogP contribution in [0.2, 0.25) is 0 Å². The number of hydrogen-bond donors (Lipinski definition) is 1. The molecule has 0 saturated carbocycles. The van der Waals surface area contributed by atoms with Gasteiger partial charge in [0.05, 0.1) is 16.9 Å². The zero-order valence-corrected chi connectivity index (χ0v) is 19.1. The lowest BCUT2D eigenvalue weighted by molar-refractivity contribution is -0.577. The number of anilines is 1. The molecule has 5 rings (SSSR count). The number of aromatic amines is 1. The largest absolute Gasteiger partial charge is 0.331 e. The lowest BCUT2D eigenvalue weighted by Crippen LogP contribution is -2.39. The molecule has 0 fully saturated rings. The van der Waals surface area contributed by atoms with E-state index in [1.807, 2.05) is 44.2 Å². The molecule has 7 heteroatoms. The van der Waals surface area contributed by atoms with E-state index in [1.165, 1.54) is 4.68 Å². The van der Waals surface area contributed by atoms with Gasteiger partial charge in [-0.15, -0.1) is 0 Å². The number of H-pyrrole nitrogens is 1. The Morgan fingerprint density at radius 3 is 2.18 bits per heavy atom. The number of rotatable bonds is 4. The number of aryl methyl sites for hydroxylation is 3. The first-order valence-corrected chi connectivity index (χ1v) is 10.9. The van der Waals surface area contributed by atoms with Crippen molar-refractivity contribution in [3.63, 3.8) is 0 Å². The number of pyridine rings is 1. The van der Waals surface area contributed by atoms with E-state index in [0.717, 1.165) is 16.0 Å². The van der Waals surface area contributed by atoms with Crippen LogP contribution in [0.1, 0.15) is 22.4 Å². The molecular weight excluding hydrogens is 428 g/mol. The molecule has 7 nitrogen and oxygen atoms in total. The number of para-hydroxylation sites is 1. The Labute approximate surface area is 196 Å². The fourth-order valence-corrected chi connectivity index (χ4v) is 4.32. The van der Waals surface area contributed by atoms with E-state index in [0.29, 0.717) is 17.1 Å². The summed E-state index contributed by atoms with van der Waals surface area (Å²) in [6, 6.07) is 20.0. The van der Waals surface area contributed by atoms with Gasteiger partial charge in [0.1, 0.15) is 5.57 Å². The van der Waals surface area contributed by atoms with Crippen LogP contribution < -0.4 is 15.0 Å². The molecule has 2 amide bonds. The third kappa shape index (κ3) is 3.38. The summed E-state index contributed by atoms with van der Waals surface area (Å²) in [4.78, 5) is 42.3. The van der Waals surface area contributed by atoms with Gasteiger partial charge in [0, 0.05) is 17.3 Å². The second kappa shape index (κ2) is 8.12. The first-order chi connectivity index (χ1) is 16.4. The van der Waals surface area contributed by atoms with Gasteiger partial charge in [-0.1, -0.05) is 30.3 Å². The highest BCUT2D eigenvalue weighted by atomic mass is 16.2. The maximum atomic E-state index is 13.8. The maximum Gasteiger partial charge on any atom is 0.331 e. The number of aromatic nitrogens is 3. The molecule has 0 radical (unpaired) electrons. The number of imide groups is 1. The molecule has 0 saturated heterocycles. The first-order valence-electron chi connectivity index (χ1n) is 10.9. The van der Waals surface area contributed by atoms with Gasteiger partial charge < -0.3 is 0 Å². The van der Waals surface area contributed by atoms with E-state index in [-0.39, 0.29) is 16.8 Å². The molecule has 1 aliphatic rings. The monoisotopic (exact) mass is 451 g/mol. The molecule has 1 N–H and O–H groups in total. The molecule has 34 heavy (non-hydrogen) atoms. The zero-order valence-electron chi connectivity index (χ0n) is 19.1. The number of nitrogens with zero attached hydrogens (tertiary/aromatic N) is 3. The van der Waals surface area contributed by atoms with E-state index < -0.39 is 17.4 Å². The minimum absolute atomic E-state index is 0.0792. The van der Waals surface area contributed by atoms with Crippen molar-refractivity contribution < 1.29 is 14.2 Å². The second-order valence-corrected chi connectivity index (χ2v) is 8.38. The van der Waals surface area contributed by atoms with Crippen LogP contribution in [0.4, 0.5) is 5.69 Å². The Bertz CT molecular complexity index is 1540. The molecule has 0 atom stereocenters. The summed E-state index contributed by atoms with van der Waals surface area (Å²) in [5.74, 6) is -1.01. The molecule has 1 aliphatic heterocycles. The van der Waals surface area contributed by atoms with E-state index in [2.05, 4.69) is 5.10 Å². The van der Waals surface area contributed by atoms with Crippen molar-refractivity contribution in [3.8, 4) is 5.69 Å². The van der Waals surface area contributed by atoms with Gasteiger partial charge in [-0.3, -0.25) is 19.5 Å². The van der Waals surface area contributed by atoms with Crippen LogP contribution in [0.15, 0.2) is 83.9 Å². The van der Waals surface area contributed by atoms with Crippen molar-refractivity contribution >= 4 is 28.8 Å². The summed E-state index contributed by atoms with van der Waals surface area (Å²) in [6.45, 7) is 5.53. The highest BCUT2D eigenvalue weighted by Crippen LogP contribution is 2.33. The molecule has 0 aliphatic carbocycles. The Morgan fingerprint density at radius 2 is 1.47 bits per heavy atom. The second-order valence-electron chi connectivity index (χ2n) is 8.38. The highest BCUT2D eigenvalue weighted by molar-refractivity contribution is 6.53. The molecule has 168 valence electrons. The number of carbonyl (C=O) groups excluding carboxylic acids is 2. The molecule has 2 aromatic heterocycles. The van der Waals surface area contributed by atoms with Crippen molar-refractivity contribution in [2.75, 3.05) is 4.90 Å². The fraction of sp³-hybridized carbons (Fsp3) is 0.111. The van der Waals surface area contributed by atoms with Crippen LogP contribution in [0, 0.1) is 20.8 Å². The molecule has 0 spiro atoms. The summed E-state index contributed by atoms with van der Waals surface area (Å²) < 4.78 is 3.02. The predicted molar refractivity (Wildman–Crippen MR) is 129 cm³/mol. The summed E-state index contributed by atoms with van der Waals surface area (Å²) in [5, 5.41) is 3.07. The number of benzene rings is 2. The molecule has 0 unspecified atom stereocenters. The topological polar surface area (TPSA) is 79.1 Å². The number of amides is 2. The minimum atomic E-state index is -0.529. The van der Waals surface area contributed by atoms with Crippen LogP contribution >= 0.6 is 0 Å². The number of carbonyl (C=O) groups is 2. The Kier molecular flexibility index (Phi) is 5.09. The number of hydrogen-bond acceptors (Lipinski definition) is 3. The zero-order chi connectivity index (χ0) is 24.0. The predicted octanol–water partition coefficient (Wildman–Crippen LogP) is 3.32. The smallest absolute Gasteiger partial charge is 0.295 e. The van der Waals surface area contributed by atoms with Crippen LogP contribution in [0.25, 0.3) is 17.0 Å². The average Bonchev–Trinajstić information content (AvgIpc) is 3.25. The van der Waals surface area contributed by atoms with Gasteiger partial charge in [0.15, 0.2) is 12.4 Å². The lowest BCUT2D eigenvalue weighted by Gasteiger charge is -2.14. The van der Waals surface area contributed by atoms with Gasteiger partial charge in [-0.2, -0.15) is 4.57 Å². The summed E-state index contributed by atoms with van der Waals surface area (Å²) >= 11 is 0. The Morgan fingerprint density at radius 1 is 0.765 bits per heavy atom. The molecule has 0 bridgehead atoms. The molecule has 3 heterocycles. The molecule has 4 aromatic rings. The standard InChI is InChI=1S/C27H22N4O3/c1-17-9-7-13-21(15-17)30-25(32)23(24(27(30)34)29-14-8-10-18(2)16-29)22-19(3)28-31(26(22)33)20-11-5-4-6-12-20/h4-16H,1-3H3/p+1. The van der Waals surface area contributed by atoms with Gasteiger partial charge >= 0.3 is 5.91 Å². The van der Waals surface area contributed by atoms with E-state index >= 15 is 0 Å². The summed E-state index contributed by atoms with van der Waals surface area (Å²) in [6.07, 6.45) is 3.49. The van der Waals surface area contributed by atoms with Crippen LogP contribution in [0.3, 0.4) is 0 Å². The first kappa shape index (κ1) is 21.3. The van der Waals surface area contributed by atoms with Gasteiger partial charge in [-0.25, -0.2) is 9.58 Å². The van der Waals surface area contributed by atoms with E-state index in [4.69, 9.17) is 0 Å². The number of nitrogens with one attached hydrogen (secondary N) is 1. The average molecular weight is 452 g/mol. The van der Waals surface area contributed by atoms with Crippen LogP contribution in [-0.4, -0.2) is 21.6 Å². The third-order valence-electron chi connectivity index (χ3n) is 5.86. The van der Waals surface area contributed by atoms with Crippen molar-refractivity contribution in [2.24, 2.45) is 0 Å².